The lowest BCUT2D eigenvalue weighted by atomic mass is 10.1. The molecule has 0 heterocycles. The molecule has 0 unspecified atom stereocenters. The molecule has 0 radical (unpaired) electrons. The van der Waals surface area contributed by atoms with E-state index in [4.69, 9.17) is 4.74 Å². The molecule has 0 fully saturated rings. The number of halogens is 1. The molecule has 1 aromatic carbocycles. The number of rotatable bonds is 3. The normalized spacial score (nSPS) is 12.2. The molecule has 5 nitrogen and oxygen atoms in total. The van der Waals surface area contributed by atoms with Gasteiger partial charge in [0.2, 0.25) is 5.82 Å². The summed E-state index contributed by atoms with van der Waals surface area (Å²) in [6, 6.07) is 3.46. The van der Waals surface area contributed by atoms with Crippen LogP contribution in [0.5, 0.6) is 0 Å². The largest absolute Gasteiger partial charge is 0.457 e. The standard InChI is InChI=1S/C14H16FNO4/c1-9(7-13(17)20-14(2,3)4)10-5-6-11(15)12(8-10)16(18)19/h5-8H,1-4H3/b9-7+. The Bertz CT molecular complexity index is 573. The molecule has 20 heavy (non-hydrogen) atoms. The summed E-state index contributed by atoms with van der Waals surface area (Å²) in [5.41, 5.74) is -0.395. The zero-order valence-electron chi connectivity index (χ0n) is 11.8. The van der Waals surface area contributed by atoms with Gasteiger partial charge in [-0.05, 0) is 44.9 Å². The van der Waals surface area contributed by atoms with Crippen LogP contribution in [-0.2, 0) is 9.53 Å². The van der Waals surface area contributed by atoms with Crippen molar-refractivity contribution in [1.29, 1.82) is 0 Å². The fourth-order valence-electron chi connectivity index (χ4n) is 1.49. The smallest absolute Gasteiger partial charge is 0.331 e. The van der Waals surface area contributed by atoms with E-state index in [1.165, 1.54) is 12.1 Å². The van der Waals surface area contributed by atoms with Gasteiger partial charge in [0.05, 0.1) is 4.92 Å². The topological polar surface area (TPSA) is 69.4 Å². The summed E-state index contributed by atoms with van der Waals surface area (Å²) in [4.78, 5) is 21.5. The Kier molecular flexibility index (Phi) is 4.60. The minimum atomic E-state index is -0.913. The number of ether oxygens (including phenoxy) is 1. The molecule has 0 aromatic heterocycles. The third-order valence-corrected chi connectivity index (χ3v) is 2.34. The number of nitro benzene ring substituents is 1. The molecule has 6 heteroatoms. The summed E-state index contributed by atoms with van der Waals surface area (Å²) >= 11 is 0. The average molecular weight is 281 g/mol. The highest BCUT2D eigenvalue weighted by Gasteiger charge is 2.17. The van der Waals surface area contributed by atoms with Crippen molar-refractivity contribution in [3.05, 3.63) is 45.8 Å². The molecule has 0 bridgehead atoms. The Labute approximate surface area is 116 Å². The van der Waals surface area contributed by atoms with Crippen LogP contribution < -0.4 is 0 Å². The lowest BCUT2D eigenvalue weighted by Gasteiger charge is -2.18. The molecule has 0 spiro atoms. The summed E-state index contributed by atoms with van der Waals surface area (Å²) < 4.78 is 18.3. The van der Waals surface area contributed by atoms with Crippen LogP contribution in [-0.4, -0.2) is 16.5 Å². The van der Waals surface area contributed by atoms with Gasteiger partial charge in [0.25, 0.3) is 0 Å². The van der Waals surface area contributed by atoms with Crippen molar-refractivity contribution in [3.8, 4) is 0 Å². The van der Waals surface area contributed by atoms with Crippen molar-refractivity contribution in [2.24, 2.45) is 0 Å². The fourth-order valence-corrected chi connectivity index (χ4v) is 1.49. The Morgan fingerprint density at radius 1 is 1.40 bits per heavy atom. The minimum absolute atomic E-state index is 0.393. The van der Waals surface area contributed by atoms with E-state index in [1.807, 2.05) is 0 Å². The Morgan fingerprint density at radius 3 is 2.50 bits per heavy atom. The summed E-state index contributed by atoms with van der Waals surface area (Å²) in [5.74, 6) is -1.47. The van der Waals surface area contributed by atoms with E-state index in [2.05, 4.69) is 0 Å². The maximum absolute atomic E-state index is 13.2. The summed E-state index contributed by atoms with van der Waals surface area (Å²) in [6.45, 7) is 6.80. The molecule has 0 saturated heterocycles. The summed E-state index contributed by atoms with van der Waals surface area (Å²) in [6.07, 6.45) is 1.22. The van der Waals surface area contributed by atoms with Gasteiger partial charge in [0.1, 0.15) is 5.60 Å². The molecule has 0 aliphatic carbocycles. The van der Waals surface area contributed by atoms with E-state index in [0.29, 0.717) is 11.1 Å². The van der Waals surface area contributed by atoms with Gasteiger partial charge in [-0.3, -0.25) is 10.1 Å². The Balaban J connectivity index is 3.03. The lowest BCUT2D eigenvalue weighted by Crippen LogP contribution is -2.22. The van der Waals surface area contributed by atoms with Crippen molar-refractivity contribution in [1.82, 2.24) is 0 Å². The van der Waals surface area contributed by atoms with Gasteiger partial charge in [-0.15, -0.1) is 0 Å². The third kappa shape index (κ3) is 4.46. The second kappa shape index (κ2) is 5.81. The van der Waals surface area contributed by atoms with Crippen molar-refractivity contribution >= 4 is 17.2 Å². The van der Waals surface area contributed by atoms with Crippen molar-refractivity contribution < 1.29 is 18.8 Å². The first kappa shape index (κ1) is 15.8. The maximum atomic E-state index is 13.2. The fraction of sp³-hybridized carbons (Fsp3) is 0.357. The zero-order chi connectivity index (χ0) is 15.5. The second-order valence-electron chi connectivity index (χ2n) is 5.28. The Hall–Kier alpha value is -2.24. The number of allylic oxidation sites excluding steroid dienone is 1. The molecule has 1 rings (SSSR count). The van der Waals surface area contributed by atoms with Crippen molar-refractivity contribution in [3.63, 3.8) is 0 Å². The monoisotopic (exact) mass is 281 g/mol. The summed E-state index contributed by atoms with van der Waals surface area (Å²) in [5, 5.41) is 10.7. The number of hydrogen-bond donors (Lipinski definition) is 0. The van der Waals surface area contributed by atoms with Crippen molar-refractivity contribution in [2.45, 2.75) is 33.3 Å². The van der Waals surface area contributed by atoms with Gasteiger partial charge >= 0.3 is 11.7 Å². The van der Waals surface area contributed by atoms with Crippen LogP contribution in [0.25, 0.3) is 5.57 Å². The zero-order valence-corrected chi connectivity index (χ0v) is 11.8. The number of hydrogen-bond acceptors (Lipinski definition) is 4. The quantitative estimate of drug-likeness (QED) is 0.368. The van der Waals surface area contributed by atoms with Crippen LogP contribution in [0.1, 0.15) is 33.3 Å². The average Bonchev–Trinajstić information content (AvgIpc) is 2.26. The highest BCUT2D eigenvalue weighted by molar-refractivity contribution is 5.91. The first-order chi connectivity index (χ1) is 9.10. The highest BCUT2D eigenvalue weighted by Crippen LogP contribution is 2.23. The summed E-state index contributed by atoms with van der Waals surface area (Å²) in [7, 11) is 0. The third-order valence-electron chi connectivity index (χ3n) is 2.34. The van der Waals surface area contributed by atoms with Crippen LogP contribution >= 0.6 is 0 Å². The van der Waals surface area contributed by atoms with Gasteiger partial charge in [-0.25, -0.2) is 4.79 Å². The highest BCUT2D eigenvalue weighted by atomic mass is 19.1. The van der Waals surface area contributed by atoms with E-state index < -0.39 is 28.0 Å². The number of carbonyl (C=O) groups is 1. The first-order valence-corrected chi connectivity index (χ1v) is 5.96. The molecule has 108 valence electrons. The number of nitrogens with zero attached hydrogens (tertiary/aromatic N) is 1. The SMILES string of the molecule is C/C(=C\C(=O)OC(C)(C)C)c1ccc(F)c([N+](=O)[O-])c1. The van der Waals surface area contributed by atoms with Gasteiger partial charge < -0.3 is 4.74 Å². The van der Waals surface area contributed by atoms with Gasteiger partial charge in [-0.2, -0.15) is 4.39 Å². The molecule has 0 aliphatic heterocycles. The maximum Gasteiger partial charge on any atom is 0.331 e. The van der Waals surface area contributed by atoms with E-state index >= 15 is 0 Å². The number of benzene rings is 1. The van der Waals surface area contributed by atoms with Crippen LogP contribution in [0.15, 0.2) is 24.3 Å². The van der Waals surface area contributed by atoms with E-state index in [-0.39, 0.29) is 0 Å². The Morgan fingerprint density at radius 2 is 2.00 bits per heavy atom. The van der Waals surface area contributed by atoms with Crippen LogP contribution in [0.3, 0.4) is 0 Å². The molecule has 0 saturated carbocycles. The molecule has 1 aromatic rings. The van der Waals surface area contributed by atoms with Crippen molar-refractivity contribution in [2.75, 3.05) is 0 Å². The van der Waals surface area contributed by atoms with Crippen LogP contribution in [0.2, 0.25) is 0 Å². The van der Waals surface area contributed by atoms with E-state index in [1.54, 1.807) is 27.7 Å². The van der Waals surface area contributed by atoms with E-state index in [0.717, 1.165) is 12.1 Å². The first-order valence-electron chi connectivity index (χ1n) is 5.96. The molecule has 0 atom stereocenters. The van der Waals surface area contributed by atoms with E-state index in [9.17, 15) is 19.3 Å². The van der Waals surface area contributed by atoms with Gasteiger partial charge in [-0.1, -0.05) is 6.07 Å². The van der Waals surface area contributed by atoms with Gasteiger partial charge in [0.15, 0.2) is 0 Å². The molecular weight excluding hydrogens is 265 g/mol. The minimum Gasteiger partial charge on any atom is -0.457 e. The predicted octanol–water partition coefficient (Wildman–Crippen LogP) is 3.48. The van der Waals surface area contributed by atoms with Crippen LogP contribution in [0.4, 0.5) is 10.1 Å². The molecular formula is C14H16FNO4. The number of esters is 1. The molecule has 0 amide bonds. The number of nitro groups is 1. The predicted molar refractivity (Wildman–Crippen MR) is 72.6 cm³/mol. The lowest BCUT2D eigenvalue weighted by molar-refractivity contribution is -0.387. The van der Waals surface area contributed by atoms with Gasteiger partial charge in [0, 0.05) is 12.1 Å². The number of carbonyl (C=O) groups excluding carboxylic acids is 1. The second-order valence-corrected chi connectivity index (χ2v) is 5.28. The molecule has 0 aliphatic rings. The molecule has 0 N–H and O–H groups in total. The van der Waals surface area contributed by atoms with Crippen LogP contribution in [0, 0.1) is 15.9 Å².